The predicted octanol–water partition coefficient (Wildman–Crippen LogP) is 3.05. The van der Waals surface area contributed by atoms with Crippen molar-refractivity contribution < 1.29 is 18.7 Å². The first kappa shape index (κ1) is 17.5. The van der Waals surface area contributed by atoms with Crippen molar-refractivity contribution in [3.63, 3.8) is 0 Å². The van der Waals surface area contributed by atoms with Crippen LogP contribution in [0.15, 0.2) is 47.3 Å². The SMILES string of the molecule is C[C@@H]1CN(C(=O)c2coc(COc3cccc4cnccc34)n2)C[C@H](C)O1. The van der Waals surface area contributed by atoms with E-state index in [0.29, 0.717) is 19.0 Å². The maximum absolute atomic E-state index is 12.7. The summed E-state index contributed by atoms with van der Waals surface area (Å²) in [6.07, 6.45) is 4.91. The van der Waals surface area contributed by atoms with E-state index in [1.54, 1.807) is 17.3 Å². The molecule has 7 nitrogen and oxygen atoms in total. The second-order valence-electron chi connectivity index (χ2n) is 6.74. The molecule has 3 aromatic rings. The fourth-order valence-corrected chi connectivity index (χ4v) is 3.34. The number of rotatable bonds is 4. The van der Waals surface area contributed by atoms with Crippen LogP contribution < -0.4 is 4.74 Å². The van der Waals surface area contributed by atoms with Crippen LogP contribution in [0.5, 0.6) is 5.75 Å². The lowest BCUT2D eigenvalue weighted by Gasteiger charge is -2.34. The Morgan fingerprint density at radius 3 is 2.89 bits per heavy atom. The number of ether oxygens (including phenoxy) is 2. The minimum absolute atomic E-state index is 0.00764. The second kappa shape index (κ2) is 7.36. The number of amides is 1. The van der Waals surface area contributed by atoms with E-state index >= 15 is 0 Å². The van der Waals surface area contributed by atoms with Crippen LogP contribution in [0, 0.1) is 0 Å². The van der Waals surface area contributed by atoms with E-state index in [0.717, 1.165) is 16.5 Å². The molecule has 1 aliphatic rings. The van der Waals surface area contributed by atoms with E-state index < -0.39 is 0 Å². The van der Waals surface area contributed by atoms with E-state index in [4.69, 9.17) is 13.9 Å². The van der Waals surface area contributed by atoms with Gasteiger partial charge in [0.2, 0.25) is 5.89 Å². The number of benzene rings is 1. The number of hydrogen-bond acceptors (Lipinski definition) is 6. The Kier molecular flexibility index (Phi) is 4.77. The average molecular weight is 367 g/mol. The molecule has 0 aliphatic carbocycles. The van der Waals surface area contributed by atoms with Crippen molar-refractivity contribution in [2.24, 2.45) is 0 Å². The predicted molar refractivity (Wildman–Crippen MR) is 98.5 cm³/mol. The Hall–Kier alpha value is -2.93. The molecular formula is C20H21N3O4. The highest BCUT2D eigenvalue weighted by Gasteiger charge is 2.28. The van der Waals surface area contributed by atoms with Gasteiger partial charge in [-0.05, 0) is 26.0 Å². The Labute approximate surface area is 156 Å². The topological polar surface area (TPSA) is 77.7 Å². The molecular weight excluding hydrogens is 346 g/mol. The van der Waals surface area contributed by atoms with Crippen molar-refractivity contribution in [2.45, 2.75) is 32.7 Å². The standard InChI is InChI=1S/C20H21N3O4/c1-13-9-23(10-14(2)27-13)20(24)17-11-26-19(22-17)12-25-18-5-3-4-15-8-21-7-6-16(15)18/h3-8,11,13-14H,9-10,12H2,1-2H3/t13-,14+. The number of carbonyl (C=O) groups excluding carboxylic acids is 1. The maximum Gasteiger partial charge on any atom is 0.275 e. The van der Waals surface area contributed by atoms with Crippen LogP contribution in [0.2, 0.25) is 0 Å². The van der Waals surface area contributed by atoms with Crippen LogP contribution in [-0.2, 0) is 11.3 Å². The van der Waals surface area contributed by atoms with Crippen molar-refractivity contribution in [1.29, 1.82) is 0 Å². The van der Waals surface area contributed by atoms with Gasteiger partial charge in [0.15, 0.2) is 12.3 Å². The molecule has 1 aliphatic heterocycles. The normalized spacial score (nSPS) is 20.0. The van der Waals surface area contributed by atoms with Crippen LogP contribution in [-0.4, -0.2) is 46.1 Å². The van der Waals surface area contributed by atoms with Gasteiger partial charge in [0, 0.05) is 36.3 Å². The highest BCUT2D eigenvalue weighted by atomic mass is 16.5. The third-order valence-corrected chi connectivity index (χ3v) is 4.47. The molecule has 1 saturated heterocycles. The zero-order valence-electron chi connectivity index (χ0n) is 15.3. The van der Waals surface area contributed by atoms with Crippen LogP contribution in [0.3, 0.4) is 0 Å². The Bertz CT molecular complexity index is 940. The molecule has 27 heavy (non-hydrogen) atoms. The quantitative estimate of drug-likeness (QED) is 0.705. The molecule has 2 aromatic heterocycles. The lowest BCUT2D eigenvalue weighted by atomic mass is 10.1. The summed E-state index contributed by atoms with van der Waals surface area (Å²) in [7, 11) is 0. The second-order valence-corrected chi connectivity index (χ2v) is 6.74. The van der Waals surface area contributed by atoms with Gasteiger partial charge in [0.05, 0.1) is 12.2 Å². The lowest BCUT2D eigenvalue weighted by molar-refractivity contribution is -0.0587. The highest BCUT2D eigenvalue weighted by molar-refractivity contribution is 5.92. The summed E-state index contributed by atoms with van der Waals surface area (Å²) in [5, 5.41) is 1.96. The summed E-state index contributed by atoms with van der Waals surface area (Å²) < 4.78 is 17.0. The first-order valence-corrected chi connectivity index (χ1v) is 8.95. The fraction of sp³-hybridized carbons (Fsp3) is 0.350. The van der Waals surface area contributed by atoms with E-state index in [-0.39, 0.29) is 30.4 Å². The Balaban J connectivity index is 1.44. The number of pyridine rings is 1. The minimum Gasteiger partial charge on any atom is -0.483 e. The summed E-state index contributed by atoms with van der Waals surface area (Å²) in [5.41, 5.74) is 0.289. The van der Waals surface area contributed by atoms with Crippen molar-refractivity contribution in [3.05, 3.63) is 54.5 Å². The highest BCUT2D eigenvalue weighted by Crippen LogP contribution is 2.25. The average Bonchev–Trinajstić information content (AvgIpc) is 3.14. The summed E-state index contributed by atoms with van der Waals surface area (Å²) >= 11 is 0. The van der Waals surface area contributed by atoms with E-state index in [1.165, 1.54) is 6.26 Å². The number of carbonyl (C=O) groups is 1. The number of fused-ring (bicyclic) bond motifs is 1. The molecule has 0 radical (unpaired) electrons. The number of aromatic nitrogens is 2. The minimum atomic E-state index is -0.150. The van der Waals surface area contributed by atoms with Gasteiger partial charge in [-0.2, -0.15) is 0 Å². The van der Waals surface area contributed by atoms with Crippen molar-refractivity contribution in [2.75, 3.05) is 13.1 Å². The van der Waals surface area contributed by atoms with E-state index in [9.17, 15) is 4.79 Å². The molecule has 1 aromatic carbocycles. The third-order valence-electron chi connectivity index (χ3n) is 4.47. The molecule has 0 unspecified atom stereocenters. The largest absolute Gasteiger partial charge is 0.483 e. The summed E-state index contributed by atoms with van der Waals surface area (Å²) in [6.45, 7) is 5.15. The zero-order valence-corrected chi connectivity index (χ0v) is 15.3. The van der Waals surface area contributed by atoms with Gasteiger partial charge in [-0.1, -0.05) is 12.1 Å². The zero-order chi connectivity index (χ0) is 18.8. The number of nitrogens with zero attached hydrogens (tertiary/aromatic N) is 3. The van der Waals surface area contributed by atoms with Gasteiger partial charge in [0.25, 0.3) is 5.91 Å². The van der Waals surface area contributed by atoms with Gasteiger partial charge in [-0.25, -0.2) is 4.98 Å². The van der Waals surface area contributed by atoms with E-state index in [1.807, 2.05) is 38.1 Å². The van der Waals surface area contributed by atoms with Gasteiger partial charge < -0.3 is 18.8 Å². The molecule has 140 valence electrons. The van der Waals surface area contributed by atoms with Crippen LogP contribution in [0.25, 0.3) is 10.8 Å². The lowest BCUT2D eigenvalue weighted by Crippen LogP contribution is -2.48. The number of morpholine rings is 1. The first-order chi connectivity index (χ1) is 13.1. The summed E-state index contributed by atoms with van der Waals surface area (Å²) in [5.74, 6) is 0.929. The molecule has 3 heterocycles. The van der Waals surface area contributed by atoms with Crippen molar-refractivity contribution >= 4 is 16.7 Å². The molecule has 4 rings (SSSR count). The molecule has 1 amide bonds. The summed E-state index contributed by atoms with van der Waals surface area (Å²) in [6, 6.07) is 7.66. The Morgan fingerprint density at radius 1 is 1.26 bits per heavy atom. The molecule has 0 saturated carbocycles. The van der Waals surface area contributed by atoms with Crippen LogP contribution in [0.4, 0.5) is 0 Å². The molecule has 0 N–H and O–H groups in total. The summed E-state index contributed by atoms with van der Waals surface area (Å²) in [4.78, 5) is 22.8. The third kappa shape index (κ3) is 3.78. The van der Waals surface area contributed by atoms with Crippen molar-refractivity contribution in [3.8, 4) is 5.75 Å². The first-order valence-electron chi connectivity index (χ1n) is 8.95. The Morgan fingerprint density at radius 2 is 2.07 bits per heavy atom. The monoisotopic (exact) mass is 367 g/mol. The van der Waals surface area contributed by atoms with Crippen LogP contribution in [0.1, 0.15) is 30.2 Å². The van der Waals surface area contributed by atoms with Crippen LogP contribution >= 0.6 is 0 Å². The maximum atomic E-state index is 12.7. The fourth-order valence-electron chi connectivity index (χ4n) is 3.34. The van der Waals surface area contributed by atoms with Crippen molar-refractivity contribution in [1.82, 2.24) is 14.9 Å². The molecule has 2 atom stereocenters. The van der Waals surface area contributed by atoms with Gasteiger partial charge in [0.1, 0.15) is 12.0 Å². The number of oxazole rings is 1. The van der Waals surface area contributed by atoms with E-state index in [2.05, 4.69) is 9.97 Å². The molecule has 0 bridgehead atoms. The number of hydrogen-bond donors (Lipinski definition) is 0. The van der Waals surface area contributed by atoms with Gasteiger partial charge in [-0.3, -0.25) is 9.78 Å². The van der Waals surface area contributed by atoms with Gasteiger partial charge >= 0.3 is 0 Å². The molecule has 1 fully saturated rings. The smallest absolute Gasteiger partial charge is 0.275 e. The molecule has 0 spiro atoms. The molecule has 7 heteroatoms. The van der Waals surface area contributed by atoms with Gasteiger partial charge in [-0.15, -0.1) is 0 Å².